The van der Waals surface area contributed by atoms with Gasteiger partial charge in [0.15, 0.2) is 0 Å². The predicted molar refractivity (Wildman–Crippen MR) is 86.5 cm³/mol. The maximum Gasteiger partial charge on any atom is 0.243 e. The van der Waals surface area contributed by atoms with Gasteiger partial charge in [0.25, 0.3) is 0 Å². The van der Waals surface area contributed by atoms with Crippen LogP contribution in [-0.4, -0.2) is 25.8 Å². The highest BCUT2D eigenvalue weighted by Gasteiger charge is 2.29. The van der Waals surface area contributed by atoms with Gasteiger partial charge in [-0.05, 0) is 55.7 Å². The number of nitrogens with two attached hydrogens (primary N) is 1. The Morgan fingerprint density at radius 1 is 1.24 bits per heavy atom. The van der Waals surface area contributed by atoms with E-state index in [2.05, 4.69) is 13.8 Å². The Morgan fingerprint density at radius 2 is 1.95 bits per heavy atom. The smallest absolute Gasteiger partial charge is 0.243 e. The first kappa shape index (κ1) is 16.3. The van der Waals surface area contributed by atoms with Crippen molar-refractivity contribution in [1.29, 1.82) is 0 Å². The molecule has 1 aromatic rings. The minimum absolute atomic E-state index is 0.352. The van der Waals surface area contributed by atoms with Crippen molar-refractivity contribution in [3.63, 3.8) is 0 Å². The van der Waals surface area contributed by atoms with Crippen LogP contribution in [0.5, 0.6) is 0 Å². The van der Waals surface area contributed by atoms with Crippen LogP contribution < -0.4 is 5.73 Å². The number of nitrogen functional groups attached to an aromatic ring is 1. The van der Waals surface area contributed by atoms with E-state index < -0.39 is 10.0 Å². The molecule has 1 aromatic carbocycles. The van der Waals surface area contributed by atoms with Crippen LogP contribution >= 0.6 is 0 Å². The van der Waals surface area contributed by atoms with E-state index in [1.54, 1.807) is 22.5 Å². The van der Waals surface area contributed by atoms with Gasteiger partial charge in [-0.2, -0.15) is 4.31 Å². The van der Waals surface area contributed by atoms with Crippen molar-refractivity contribution < 1.29 is 8.42 Å². The van der Waals surface area contributed by atoms with Crippen molar-refractivity contribution in [2.75, 3.05) is 18.8 Å². The zero-order chi connectivity index (χ0) is 15.6. The molecule has 0 bridgehead atoms. The fourth-order valence-electron chi connectivity index (χ4n) is 3.04. The highest BCUT2D eigenvalue weighted by Crippen LogP contribution is 2.29. The number of aryl methyl sites for hydroxylation is 1. The maximum absolute atomic E-state index is 12.9. The van der Waals surface area contributed by atoms with Gasteiger partial charge in [0.2, 0.25) is 10.0 Å². The first-order chi connectivity index (χ1) is 9.82. The summed E-state index contributed by atoms with van der Waals surface area (Å²) in [5.74, 6) is 1.23. The van der Waals surface area contributed by atoms with Crippen LogP contribution in [-0.2, 0) is 10.0 Å². The molecule has 1 unspecified atom stereocenters. The topological polar surface area (TPSA) is 63.4 Å². The summed E-state index contributed by atoms with van der Waals surface area (Å²) >= 11 is 0. The summed E-state index contributed by atoms with van der Waals surface area (Å²) in [6, 6.07) is 5.10. The van der Waals surface area contributed by atoms with Crippen molar-refractivity contribution in [3.05, 3.63) is 23.8 Å². The van der Waals surface area contributed by atoms with Crippen LogP contribution in [0, 0.1) is 18.8 Å². The summed E-state index contributed by atoms with van der Waals surface area (Å²) in [5, 5.41) is 0. The monoisotopic (exact) mass is 310 g/mol. The van der Waals surface area contributed by atoms with Gasteiger partial charge in [-0.3, -0.25) is 0 Å². The number of rotatable bonds is 3. The molecule has 1 saturated heterocycles. The Hall–Kier alpha value is -1.07. The fraction of sp³-hybridized carbons (Fsp3) is 0.625. The van der Waals surface area contributed by atoms with Crippen LogP contribution in [0.15, 0.2) is 23.1 Å². The number of hydrogen-bond acceptors (Lipinski definition) is 3. The van der Waals surface area contributed by atoms with Crippen molar-refractivity contribution in [2.24, 2.45) is 11.8 Å². The van der Waals surface area contributed by atoms with Gasteiger partial charge in [-0.25, -0.2) is 8.42 Å². The van der Waals surface area contributed by atoms with E-state index in [0.717, 1.165) is 24.8 Å². The molecule has 0 aromatic heterocycles. The first-order valence-electron chi connectivity index (χ1n) is 7.68. The Bertz CT molecular complexity index is 596. The Kier molecular flexibility index (Phi) is 4.94. The molecule has 21 heavy (non-hydrogen) atoms. The van der Waals surface area contributed by atoms with Gasteiger partial charge >= 0.3 is 0 Å². The minimum atomic E-state index is -3.43. The van der Waals surface area contributed by atoms with E-state index >= 15 is 0 Å². The van der Waals surface area contributed by atoms with Gasteiger partial charge < -0.3 is 5.73 Å². The van der Waals surface area contributed by atoms with E-state index in [4.69, 9.17) is 5.73 Å². The molecule has 0 saturated carbocycles. The summed E-state index contributed by atoms with van der Waals surface area (Å²) in [4.78, 5) is 0.352. The highest BCUT2D eigenvalue weighted by molar-refractivity contribution is 7.89. The lowest BCUT2D eigenvalue weighted by atomic mass is 9.89. The average molecular weight is 310 g/mol. The lowest BCUT2D eigenvalue weighted by Crippen LogP contribution is -2.32. The summed E-state index contributed by atoms with van der Waals surface area (Å²) in [6.07, 6.45) is 2.99. The number of sulfonamides is 1. The first-order valence-corrected chi connectivity index (χ1v) is 9.12. The molecule has 0 amide bonds. The second-order valence-electron chi connectivity index (χ2n) is 6.36. The van der Waals surface area contributed by atoms with E-state index in [-0.39, 0.29) is 0 Å². The third-order valence-electron chi connectivity index (χ3n) is 4.50. The van der Waals surface area contributed by atoms with Gasteiger partial charge in [0.1, 0.15) is 0 Å². The van der Waals surface area contributed by atoms with Crippen LogP contribution in [0.4, 0.5) is 5.69 Å². The lowest BCUT2D eigenvalue weighted by Gasteiger charge is -2.22. The Morgan fingerprint density at radius 3 is 2.62 bits per heavy atom. The quantitative estimate of drug-likeness (QED) is 0.873. The summed E-state index contributed by atoms with van der Waals surface area (Å²) in [7, 11) is -3.43. The van der Waals surface area contributed by atoms with Crippen LogP contribution in [0.3, 0.4) is 0 Å². The molecule has 5 heteroatoms. The van der Waals surface area contributed by atoms with E-state index in [9.17, 15) is 8.42 Å². The van der Waals surface area contributed by atoms with Gasteiger partial charge in [-0.1, -0.05) is 19.9 Å². The molecule has 1 heterocycles. The molecule has 4 nitrogen and oxygen atoms in total. The molecule has 1 aliphatic heterocycles. The molecule has 1 fully saturated rings. The van der Waals surface area contributed by atoms with E-state index in [1.165, 1.54) is 0 Å². The zero-order valence-corrected chi connectivity index (χ0v) is 14.0. The minimum Gasteiger partial charge on any atom is -0.399 e. The second-order valence-corrected chi connectivity index (χ2v) is 8.27. The molecule has 2 N–H and O–H groups in total. The average Bonchev–Trinajstić information content (AvgIpc) is 2.67. The lowest BCUT2D eigenvalue weighted by molar-refractivity contribution is 0.340. The standard InChI is InChI=1S/C16H26N2O2S/c1-12(2)14-5-4-9-18(10-8-14)21(19,20)16-11-15(17)7-6-13(16)3/h6-7,11-12,14H,4-5,8-10,17H2,1-3H3. The second kappa shape index (κ2) is 6.36. The fourth-order valence-corrected chi connectivity index (χ4v) is 4.79. The largest absolute Gasteiger partial charge is 0.399 e. The van der Waals surface area contributed by atoms with Gasteiger partial charge in [-0.15, -0.1) is 0 Å². The Labute approximate surface area is 128 Å². The Balaban J connectivity index is 2.25. The molecular formula is C16H26N2O2S. The number of nitrogens with zero attached hydrogens (tertiary/aromatic N) is 1. The van der Waals surface area contributed by atoms with Crippen LogP contribution in [0.2, 0.25) is 0 Å². The molecule has 118 valence electrons. The summed E-state index contributed by atoms with van der Waals surface area (Å²) in [6.45, 7) is 7.48. The van der Waals surface area contributed by atoms with E-state index in [1.807, 2.05) is 6.92 Å². The molecule has 2 rings (SSSR count). The van der Waals surface area contributed by atoms with Gasteiger partial charge in [0, 0.05) is 18.8 Å². The molecular weight excluding hydrogens is 284 g/mol. The molecule has 1 aliphatic rings. The van der Waals surface area contributed by atoms with Crippen LogP contribution in [0.1, 0.15) is 38.7 Å². The van der Waals surface area contributed by atoms with Crippen LogP contribution in [0.25, 0.3) is 0 Å². The number of benzene rings is 1. The maximum atomic E-state index is 12.9. The molecule has 1 atom stereocenters. The normalized spacial score (nSPS) is 21.4. The third kappa shape index (κ3) is 3.58. The van der Waals surface area contributed by atoms with Gasteiger partial charge in [0.05, 0.1) is 4.90 Å². The summed E-state index contributed by atoms with van der Waals surface area (Å²) < 4.78 is 27.4. The summed E-state index contributed by atoms with van der Waals surface area (Å²) in [5.41, 5.74) is 7.02. The highest BCUT2D eigenvalue weighted by atomic mass is 32.2. The molecule has 0 aliphatic carbocycles. The van der Waals surface area contributed by atoms with Crippen molar-refractivity contribution in [3.8, 4) is 0 Å². The molecule has 0 spiro atoms. The van der Waals surface area contributed by atoms with E-state index in [0.29, 0.717) is 35.5 Å². The van der Waals surface area contributed by atoms with Crippen molar-refractivity contribution >= 4 is 15.7 Å². The SMILES string of the molecule is Cc1ccc(N)cc1S(=O)(=O)N1CCCC(C(C)C)CC1. The molecule has 0 radical (unpaired) electrons. The third-order valence-corrected chi connectivity index (χ3v) is 6.55. The number of hydrogen-bond donors (Lipinski definition) is 1. The predicted octanol–water partition coefficient (Wildman–Crippen LogP) is 3.02. The zero-order valence-electron chi connectivity index (χ0n) is 13.2. The van der Waals surface area contributed by atoms with Crippen molar-refractivity contribution in [1.82, 2.24) is 4.31 Å². The number of anilines is 1. The van der Waals surface area contributed by atoms with Crippen molar-refractivity contribution in [2.45, 2.75) is 44.9 Å².